The number of imide groups is 1. The van der Waals surface area contributed by atoms with Crippen molar-refractivity contribution in [1.29, 1.82) is 0 Å². The predicted octanol–water partition coefficient (Wildman–Crippen LogP) is 2.95. The van der Waals surface area contributed by atoms with Crippen LogP contribution in [0.25, 0.3) is 0 Å². The number of hydrogen-bond donors (Lipinski definition) is 2. The lowest BCUT2D eigenvalue weighted by Crippen LogP contribution is -2.48. The maximum Gasteiger partial charge on any atom is 0.418 e. The van der Waals surface area contributed by atoms with Crippen molar-refractivity contribution in [3.05, 3.63) is 65.0 Å². The van der Waals surface area contributed by atoms with Crippen LogP contribution in [-0.4, -0.2) is 72.1 Å². The van der Waals surface area contributed by atoms with Crippen molar-refractivity contribution in [3.8, 4) is 0 Å². The van der Waals surface area contributed by atoms with E-state index in [1.165, 1.54) is 12.1 Å². The van der Waals surface area contributed by atoms with Crippen LogP contribution < -0.4 is 11.1 Å². The summed E-state index contributed by atoms with van der Waals surface area (Å²) in [6, 6.07) is 11.8. The predicted molar refractivity (Wildman–Crippen MR) is 145 cm³/mol. The molecule has 1 saturated carbocycles. The number of rotatable bonds is 9. The van der Waals surface area contributed by atoms with Crippen LogP contribution in [0.15, 0.2) is 42.5 Å². The van der Waals surface area contributed by atoms with Crippen LogP contribution >= 0.6 is 0 Å². The number of anilines is 1. The summed E-state index contributed by atoms with van der Waals surface area (Å²) in [6.07, 6.45) is 2.75. The Hall–Kier alpha value is -3.50. The zero-order chi connectivity index (χ0) is 28.0. The second-order valence-corrected chi connectivity index (χ2v) is 11.5. The maximum absolute atomic E-state index is 13.7. The Labute approximate surface area is 232 Å². The number of amides is 3. The van der Waals surface area contributed by atoms with Gasteiger partial charge in [-0.2, -0.15) is 0 Å². The number of aryl methyl sites for hydroxylation is 1. The Morgan fingerprint density at radius 3 is 2.67 bits per heavy atom. The van der Waals surface area contributed by atoms with Crippen LogP contribution in [0.4, 0.5) is 14.9 Å². The smallest absolute Gasteiger partial charge is 0.418 e. The van der Waals surface area contributed by atoms with Crippen molar-refractivity contribution in [2.75, 3.05) is 31.6 Å². The number of nitrogens with two attached hydrogens (primary N) is 1. The molecule has 40 heavy (non-hydrogen) atoms. The lowest BCUT2D eigenvalue weighted by atomic mass is 9.94. The van der Waals surface area contributed by atoms with E-state index >= 15 is 0 Å². The van der Waals surface area contributed by atoms with Crippen LogP contribution in [0, 0.1) is 11.7 Å². The average molecular weight is 551 g/mol. The molecular formula is C30H35FN4O5. The van der Waals surface area contributed by atoms with Crippen molar-refractivity contribution < 1.29 is 28.2 Å². The molecular weight excluding hydrogens is 515 g/mol. The molecule has 4 atom stereocenters. The van der Waals surface area contributed by atoms with Gasteiger partial charge in [-0.15, -0.1) is 0 Å². The van der Waals surface area contributed by atoms with Gasteiger partial charge in [-0.1, -0.05) is 18.2 Å². The standard InChI is InChI=1S/C30H35FN4O5/c1-18(20-4-5-20)34(13-11-19-2-6-22(31)7-3-19)27(36)15-35-28(37)30(40-29(35)38)12-10-21-14-23(8-9-24(21)30)33-26-17-39-16-25(26)32/h2-3,6-9,14,18,20,25-26,33H,4-5,10-13,15-17,32H2,1H3/t18-,25?,26?,30?/m0/s1. The topological polar surface area (TPSA) is 114 Å². The number of carbonyl (C=O) groups excluding carboxylic acids is 3. The summed E-state index contributed by atoms with van der Waals surface area (Å²) in [5.74, 6) is -0.693. The molecule has 2 aromatic rings. The maximum atomic E-state index is 13.7. The van der Waals surface area contributed by atoms with Gasteiger partial charge < -0.3 is 25.4 Å². The molecule has 3 N–H and O–H groups in total. The number of fused-ring (bicyclic) bond motifs is 2. The van der Waals surface area contributed by atoms with Crippen molar-refractivity contribution in [2.45, 2.75) is 62.8 Å². The minimum Gasteiger partial charge on any atom is -0.427 e. The van der Waals surface area contributed by atoms with Crippen molar-refractivity contribution >= 4 is 23.6 Å². The Morgan fingerprint density at radius 2 is 1.98 bits per heavy atom. The van der Waals surface area contributed by atoms with E-state index in [2.05, 4.69) is 5.32 Å². The molecule has 3 amide bonds. The van der Waals surface area contributed by atoms with E-state index < -0.39 is 17.6 Å². The molecule has 0 aromatic heterocycles. The zero-order valence-electron chi connectivity index (χ0n) is 22.6. The molecule has 4 aliphatic rings. The van der Waals surface area contributed by atoms with Gasteiger partial charge in [-0.05, 0) is 73.9 Å². The summed E-state index contributed by atoms with van der Waals surface area (Å²) in [5.41, 5.74) is 8.07. The van der Waals surface area contributed by atoms with Crippen LogP contribution in [0.5, 0.6) is 0 Å². The second kappa shape index (κ2) is 10.5. The molecule has 3 fully saturated rings. The Morgan fingerprint density at radius 1 is 1.20 bits per heavy atom. The van der Waals surface area contributed by atoms with E-state index in [4.69, 9.17) is 15.2 Å². The first-order valence-electron chi connectivity index (χ1n) is 14.1. The number of hydrogen-bond acceptors (Lipinski definition) is 7. The Balaban J connectivity index is 1.16. The largest absolute Gasteiger partial charge is 0.427 e. The molecule has 2 aliphatic heterocycles. The van der Waals surface area contributed by atoms with Crippen LogP contribution in [0.1, 0.15) is 42.9 Å². The molecule has 1 spiro atoms. The molecule has 2 aromatic carbocycles. The minimum atomic E-state index is -1.40. The van der Waals surface area contributed by atoms with Crippen molar-refractivity contribution in [3.63, 3.8) is 0 Å². The number of ether oxygens (including phenoxy) is 2. The highest BCUT2D eigenvalue weighted by Crippen LogP contribution is 2.46. The highest BCUT2D eigenvalue weighted by atomic mass is 19.1. The summed E-state index contributed by atoms with van der Waals surface area (Å²) in [7, 11) is 0. The fourth-order valence-electron chi connectivity index (χ4n) is 6.19. The first-order valence-corrected chi connectivity index (χ1v) is 14.1. The summed E-state index contributed by atoms with van der Waals surface area (Å²) < 4.78 is 24.5. The molecule has 9 nitrogen and oxygen atoms in total. The lowest BCUT2D eigenvalue weighted by Gasteiger charge is -2.30. The van der Waals surface area contributed by atoms with Gasteiger partial charge in [-0.25, -0.2) is 14.1 Å². The fraction of sp³-hybridized carbons (Fsp3) is 0.500. The van der Waals surface area contributed by atoms with Gasteiger partial charge in [0.1, 0.15) is 12.4 Å². The van der Waals surface area contributed by atoms with Crippen molar-refractivity contribution in [2.24, 2.45) is 11.7 Å². The quantitative estimate of drug-likeness (QED) is 0.494. The number of halogens is 1. The van der Waals surface area contributed by atoms with Gasteiger partial charge in [0.25, 0.3) is 5.91 Å². The summed E-state index contributed by atoms with van der Waals surface area (Å²) in [5, 5.41) is 3.40. The number of nitrogens with zero attached hydrogens (tertiary/aromatic N) is 2. The van der Waals surface area contributed by atoms with E-state index in [0.717, 1.165) is 34.6 Å². The van der Waals surface area contributed by atoms with Gasteiger partial charge in [-0.3, -0.25) is 9.59 Å². The molecule has 6 rings (SSSR count). The van der Waals surface area contributed by atoms with Gasteiger partial charge in [0.05, 0.1) is 25.3 Å². The third kappa shape index (κ3) is 4.94. The molecule has 212 valence electrons. The summed E-state index contributed by atoms with van der Waals surface area (Å²) >= 11 is 0. The van der Waals surface area contributed by atoms with Gasteiger partial charge in [0, 0.05) is 30.3 Å². The van der Waals surface area contributed by atoms with E-state index in [-0.39, 0.29) is 36.4 Å². The van der Waals surface area contributed by atoms with Crippen LogP contribution in [-0.2, 0) is 37.5 Å². The third-order valence-electron chi connectivity index (χ3n) is 8.80. The monoisotopic (exact) mass is 550 g/mol. The van der Waals surface area contributed by atoms with E-state index in [0.29, 0.717) is 50.5 Å². The highest BCUT2D eigenvalue weighted by molar-refractivity contribution is 6.06. The van der Waals surface area contributed by atoms with E-state index in [9.17, 15) is 18.8 Å². The normalized spacial score (nSPS) is 26.2. The molecule has 0 bridgehead atoms. The van der Waals surface area contributed by atoms with Gasteiger partial charge >= 0.3 is 6.09 Å². The molecule has 2 saturated heterocycles. The summed E-state index contributed by atoms with van der Waals surface area (Å²) in [4.78, 5) is 43.0. The first-order chi connectivity index (χ1) is 19.2. The number of nitrogens with one attached hydrogen (secondary N) is 1. The molecule has 2 aliphatic carbocycles. The molecule has 3 unspecified atom stereocenters. The second-order valence-electron chi connectivity index (χ2n) is 11.5. The van der Waals surface area contributed by atoms with Crippen LogP contribution in [0.2, 0.25) is 0 Å². The Bertz CT molecular complexity index is 1320. The van der Waals surface area contributed by atoms with E-state index in [1.54, 1.807) is 17.0 Å². The molecule has 10 heteroatoms. The van der Waals surface area contributed by atoms with Gasteiger partial charge in [0.15, 0.2) is 0 Å². The Kier molecular flexibility index (Phi) is 7.00. The highest BCUT2D eigenvalue weighted by Gasteiger charge is 2.58. The zero-order valence-corrected chi connectivity index (χ0v) is 22.6. The summed E-state index contributed by atoms with van der Waals surface area (Å²) in [6.45, 7) is 3.09. The van der Waals surface area contributed by atoms with E-state index in [1.807, 2.05) is 25.1 Å². The van der Waals surface area contributed by atoms with Gasteiger partial charge in [0.2, 0.25) is 11.5 Å². The molecule has 2 heterocycles. The van der Waals surface area contributed by atoms with Crippen LogP contribution in [0.3, 0.4) is 0 Å². The first kappa shape index (κ1) is 26.7. The minimum absolute atomic E-state index is 0.00453. The molecule has 0 radical (unpaired) electrons. The lowest BCUT2D eigenvalue weighted by molar-refractivity contribution is -0.142. The van der Waals surface area contributed by atoms with Crippen molar-refractivity contribution in [1.82, 2.24) is 9.80 Å². The number of carbonyl (C=O) groups is 3. The number of benzene rings is 2. The SMILES string of the molecule is C[C@@H](C1CC1)N(CCc1ccc(F)cc1)C(=O)CN1C(=O)OC2(CCc3cc(NC4COCC4N)ccc32)C1=O. The third-order valence-corrected chi connectivity index (χ3v) is 8.80. The average Bonchev–Trinajstić information content (AvgIpc) is 3.57. The fourth-order valence-corrected chi connectivity index (χ4v) is 6.19.